The maximum atomic E-state index is 2.38. The van der Waals surface area contributed by atoms with Gasteiger partial charge in [-0.05, 0) is 38.2 Å². The lowest BCUT2D eigenvalue weighted by atomic mass is 9.88. The zero-order valence-corrected chi connectivity index (χ0v) is 7.41. The molecule has 59 valence electrons. The van der Waals surface area contributed by atoms with Crippen molar-refractivity contribution in [3.63, 3.8) is 0 Å². The molecule has 2 rings (SSSR count). The summed E-state index contributed by atoms with van der Waals surface area (Å²) >= 11 is 0. The van der Waals surface area contributed by atoms with Crippen molar-refractivity contribution in [3.05, 3.63) is 28.7 Å². The van der Waals surface area contributed by atoms with E-state index < -0.39 is 0 Å². The summed E-state index contributed by atoms with van der Waals surface area (Å²) in [6, 6.07) is 0. The molecule has 0 saturated carbocycles. The van der Waals surface area contributed by atoms with Crippen molar-refractivity contribution in [2.45, 2.75) is 39.5 Å². The first kappa shape index (κ1) is 7.15. The maximum Gasteiger partial charge on any atom is 0.0227 e. The Balaban J connectivity index is 2.30. The minimum Gasteiger partial charge on any atom is -0.0618 e. The van der Waals surface area contributed by atoms with Crippen LogP contribution in [0.25, 0.3) is 0 Å². The fourth-order valence-corrected chi connectivity index (χ4v) is 2.12. The van der Waals surface area contributed by atoms with Crippen LogP contribution >= 0.6 is 0 Å². The van der Waals surface area contributed by atoms with Gasteiger partial charge in [0.25, 0.3) is 0 Å². The third-order valence-electron chi connectivity index (χ3n) is 2.95. The molecule has 0 fully saturated rings. The third kappa shape index (κ3) is 1.05. The molecule has 2 aliphatic carbocycles. The van der Waals surface area contributed by atoms with E-state index in [1.807, 2.05) is 0 Å². The number of allylic oxidation sites excluding steroid dienone is 4. The van der Waals surface area contributed by atoms with E-state index in [9.17, 15) is 0 Å². The minimum absolute atomic E-state index is 1.32. The van der Waals surface area contributed by atoms with Gasteiger partial charge in [-0.1, -0.05) is 24.1 Å². The van der Waals surface area contributed by atoms with Crippen LogP contribution < -0.4 is 0 Å². The topological polar surface area (TPSA) is 0 Å². The van der Waals surface area contributed by atoms with Crippen molar-refractivity contribution < 1.29 is 0 Å². The average Bonchev–Trinajstić information content (AvgIpc) is 2.30. The summed E-state index contributed by atoms with van der Waals surface area (Å²) in [5.41, 5.74) is 4.79. The second-order valence-electron chi connectivity index (χ2n) is 3.66. The van der Waals surface area contributed by atoms with Gasteiger partial charge < -0.3 is 0 Å². The van der Waals surface area contributed by atoms with Crippen molar-refractivity contribution in [1.82, 2.24) is 0 Å². The van der Waals surface area contributed by atoms with Gasteiger partial charge in [0.1, 0.15) is 0 Å². The fourth-order valence-electron chi connectivity index (χ4n) is 2.12. The summed E-state index contributed by atoms with van der Waals surface area (Å²) in [5, 5.41) is 0. The van der Waals surface area contributed by atoms with Crippen LogP contribution in [0, 0.1) is 5.92 Å². The SMILES string of the molecule is C[C]1C(C)=CC2=C1CCCC2. The highest BCUT2D eigenvalue weighted by molar-refractivity contribution is 5.53. The largest absolute Gasteiger partial charge is 0.0618 e. The Morgan fingerprint density at radius 2 is 1.82 bits per heavy atom. The highest BCUT2D eigenvalue weighted by Crippen LogP contribution is 2.40. The van der Waals surface area contributed by atoms with Crippen LogP contribution in [0.3, 0.4) is 0 Å². The Morgan fingerprint density at radius 3 is 2.55 bits per heavy atom. The van der Waals surface area contributed by atoms with Gasteiger partial charge in [0.15, 0.2) is 0 Å². The summed E-state index contributed by atoms with van der Waals surface area (Å²) in [4.78, 5) is 0. The van der Waals surface area contributed by atoms with Crippen LogP contribution in [0.2, 0.25) is 0 Å². The predicted molar refractivity (Wildman–Crippen MR) is 48.2 cm³/mol. The smallest absolute Gasteiger partial charge is 0.0227 e. The van der Waals surface area contributed by atoms with Crippen LogP contribution in [0.1, 0.15) is 39.5 Å². The molecular weight excluding hydrogens is 132 g/mol. The van der Waals surface area contributed by atoms with E-state index in [0.29, 0.717) is 0 Å². The molecule has 0 aromatic heterocycles. The Hall–Kier alpha value is -0.520. The monoisotopic (exact) mass is 147 g/mol. The molecule has 0 atom stereocenters. The van der Waals surface area contributed by atoms with E-state index in [1.165, 1.54) is 31.3 Å². The highest BCUT2D eigenvalue weighted by Gasteiger charge is 2.23. The molecule has 11 heavy (non-hydrogen) atoms. The average molecular weight is 147 g/mol. The van der Waals surface area contributed by atoms with Gasteiger partial charge >= 0.3 is 0 Å². The molecule has 0 aromatic rings. The molecule has 0 heteroatoms. The van der Waals surface area contributed by atoms with Gasteiger partial charge in [0, 0.05) is 5.92 Å². The molecule has 0 saturated heterocycles. The summed E-state index contributed by atoms with van der Waals surface area (Å²) in [7, 11) is 0. The van der Waals surface area contributed by atoms with Crippen LogP contribution in [-0.4, -0.2) is 0 Å². The van der Waals surface area contributed by atoms with E-state index in [-0.39, 0.29) is 0 Å². The zero-order chi connectivity index (χ0) is 7.84. The Labute approximate surface area is 69.0 Å². The van der Waals surface area contributed by atoms with Gasteiger partial charge in [-0.25, -0.2) is 0 Å². The summed E-state index contributed by atoms with van der Waals surface area (Å²) < 4.78 is 0. The highest BCUT2D eigenvalue weighted by atomic mass is 14.3. The predicted octanol–water partition coefficient (Wildman–Crippen LogP) is 3.41. The molecule has 0 heterocycles. The van der Waals surface area contributed by atoms with Crippen LogP contribution in [0.15, 0.2) is 22.8 Å². The standard InChI is InChI=1S/C11H15/c1-8-7-10-5-3-4-6-11(10)9(8)2/h7H,3-6H2,1-2H3. The number of rotatable bonds is 0. The lowest BCUT2D eigenvalue weighted by Gasteiger charge is -2.16. The molecule has 0 bridgehead atoms. The van der Waals surface area contributed by atoms with Gasteiger partial charge in [-0.15, -0.1) is 0 Å². The van der Waals surface area contributed by atoms with E-state index in [0.717, 1.165) is 0 Å². The van der Waals surface area contributed by atoms with Crippen molar-refractivity contribution in [1.29, 1.82) is 0 Å². The van der Waals surface area contributed by atoms with Crippen molar-refractivity contribution in [2.24, 2.45) is 0 Å². The molecule has 0 nitrogen and oxygen atoms in total. The third-order valence-corrected chi connectivity index (χ3v) is 2.95. The van der Waals surface area contributed by atoms with Crippen LogP contribution in [0.4, 0.5) is 0 Å². The van der Waals surface area contributed by atoms with Crippen molar-refractivity contribution in [3.8, 4) is 0 Å². The molecule has 0 aliphatic heterocycles. The summed E-state index contributed by atoms with van der Waals surface area (Å²) in [5.74, 6) is 1.56. The van der Waals surface area contributed by atoms with Crippen molar-refractivity contribution >= 4 is 0 Å². The lowest BCUT2D eigenvalue weighted by Crippen LogP contribution is -1.99. The first-order valence-electron chi connectivity index (χ1n) is 4.53. The first-order chi connectivity index (χ1) is 5.29. The Kier molecular flexibility index (Phi) is 1.63. The lowest BCUT2D eigenvalue weighted by molar-refractivity contribution is 0.685. The molecule has 0 amide bonds. The molecule has 0 unspecified atom stereocenters. The molecular formula is C11H15. The fraction of sp³-hybridized carbons (Fsp3) is 0.545. The molecule has 1 radical (unpaired) electrons. The number of hydrogen-bond acceptors (Lipinski definition) is 0. The minimum atomic E-state index is 1.32. The van der Waals surface area contributed by atoms with Crippen LogP contribution in [-0.2, 0) is 0 Å². The van der Waals surface area contributed by atoms with E-state index in [2.05, 4.69) is 19.9 Å². The molecule has 2 aliphatic rings. The maximum absolute atomic E-state index is 2.38. The summed E-state index contributed by atoms with van der Waals surface area (Å²) in [6.07, 6.45) is 7.83. The van der Waals surface area contributed by atoms with Crippen LogP contribution in [0.5, 0.6) is 0 Å². The van der Waals surface area contributed by atoms with E-state index in [4.69, 9.17) is 0 Å². The Morgan fingerprint density at radius 1 is 1.09 bits per heavy atom. The van der Waals surface area contributed by atoms with Gasteiger partial charge in [0.2, 0.25) is 0 Å². The van der Waals surface area contributed by atoms with E-state index >= 15 is 0 Å². The summed E-state index contributed by atoms with van der Waals surface area (Å²) in [6.45, 7) is 4.49. The first-order valence-corrected chi connectivity index (χ1v) is 4.53. The van der Waals surface area contributed by atoms with Gasteiger partial charge in [-0.3, -0.25) is 0 Å². The zero-order valence-electron chi connectivity index (χ0n) is 7.41. The second kappa shape index (κ2) is 2.51. The van der Waals surface area contributed by atoms with Crippen molar-refractivity contribution in [2.75, 3.05) is 0 Å². The molecule has 0 aromatic carbocycles. The quantitative estimate of drug-likeness (QED) is 0.492. The normalized spacial score (nSPS) is 25.5. The number of hydrogen-bond donors (Lipinski definition) is 0. The van der Waals surface area contributed by atoms with Gasteiger partial charge in [-0.2, -0.15) is 0 Å². The van der Waals surface area contributed by atoms with Gasteiger partial charge in [0.05, 0.1) is 0 Å². The molecule has 0 spiro atoms. The molecule has 0 N–H and O–H groups in total. The Bertz CT molecular complexity index is 230. The second-order valence-corrected chi connectivity index (χ2v) is 3.66. The van der Waals surface area contributed by atoms with E-state index in [1.54, 1.807) is 17.1 Å².